The van der Waals surface area contributed by atoms with Crippen LogP contribution in [0.25, 0.3) is 0 Å². The van der Waals surface area contributed by atoms with Crippen molar-refractivity contribution in [2.24, 2.45) is 0 Å². The van der Waals surface area contributed by atoms with Gasteiger partial charge in [0.1, 0.15) is 12.4 Å². The van der Waals surface area contributed by atoms with Gasteiger partial charge in [-0.25, -0.2) is 9.18 Å². The van der Waals surface area contributed by atoms with Crippen LogP contribution in [-0.2, 0) is 4.74 Å². The summed E-state index contributed by atoms with van der Waals surface area (Å²) in [5, 5.41) is 2.03. The summed E-state index contributed by atoms with van der Waals surface area (Å²) in [6.07, 6.45) is -4.40. The number of rotatable bonds is 3. The van der Waals surface area contributed by atoms with E-state index in [4.69, 9.17) is 0 Å². The molecule has 0 heterocycles. The van der Waals surface area contributed by atoms with E-state index in [1.807, 2.05) is 5.32 Å². The van der Waals surface area contributed by atoms with Gasteiger partial charge >= 0.3 is 12.1 Å². The molecule has 1 aromatic carbocycles. The quantitative estimate of drug-likeness (QED) is 0.674. The summed E-state index contributed by atoms with van der Waals surface area (Å²) < 4.78 is 53.8. The van der Waals surface area contributed by atoms with Crippen molar-refractivity contribution in [2.75, 3.05) is 19.0 Å². The van der Waals surface area contributed by atoms with Crippen LogP contribution in [0.5, 0.6) is 0 Å². The zero-order chi connectivity index (χ0) is 13.9. The third-order valence-electron chi connectivity index (χ3n) is 2.17. The molecule has 0 spiro atoms. The van der Waals surface area contributed by atoms with Crippen LogP contribution >= 0.6 is 0 Å². The first kappa shape index (κ1) is 14.3. The monoisotopic (exact) mass is 265 g/mol. The standard InChI is InChI=1S/C11H11F4NO2/c1-6-3-7(16-5-11(13,14)15)4-8(12)9(6)10(17)18-2/h3-4,16H,5H2,1-2H3. The molecule has 1 rings (SSSR count). The number of carbonyl (C=O) groups excluding carboxylic acids is 1. The van der Waals surface area contributed by atoms with Crippen LogP contribution in [0, 0.1) is 12.7 Å². The molecule has 0 bridgehead atoms. The molecule has 0 aliphatic rings. The van der Waals surface area contributed by atoms with Gasteiger partial charge in [-0.2, -0.15) is 13.2 Å². The number of carbonyl (C=O) groups is 1. The molecule has 100 valence electrons. The van der Waals surface area contributed by atoms with Crippen molar-refractivity contribution in [1.29, 1.82) is 0 Å². The van der Waals surface area contributed by atoms with Gasteiger partial charge in [0.2, 0.25) is 0 Å². The van der Waals surface area contributed by atoms with E-state index in [-0.39, 0.29) is 16.8 Å². The number of halogens is 4. The highest BCUT2D eigenvalue weighted by atomic mass is 19.4. The predicted molar refractivity (Wildman–Crippen MR) is 57.0 cm³/mol. The van der Waals surface area contributed by atoms with Crippen molar-refractivity contribution in [3.8, 4) is 0 Å². The second-order valence-corrected chi connectivity index (χ2v) is 3.61. The predicted octanol–water partition coefficient (Wildman–Crippen LogP) is 2.89. The van der Waals surface area contributed by atoms with Crippen molar-refractivity contribution in [1.82, 2.24) is 0 Å². The lowest BCUT2D eigenvalue weighted by Crippen LogP contribution is -2.21. The molecule has 0 amide bonds. The highest BCUT2D eigenvalue weighted by Crippen LogP contribution is 2.22. The fraction of sp³-hybridized carbons (Fsp3) is 0.364. The highest BCUT2D eigenvalue weighted by Gasteiger charge is 2.27. The molecule has 0 radical (unpaired) electrons. The lowest BCUT2D eigenvalue weighted by molar-refractivity contribution is -0.115. The van der Waals surface area contributed by atoms with Crippen LogP contribution in [0.3, 0.4) is 0 Å². The molecular weight excluding hydrogens is 254 g/mol. The minimum absolute atomic E-state index is 0.0463. The fourth-order valence-corrected chi connectivity index (χ4v) is 1.41. The maximum absolute atomic E-state index is 13.5. The van der Waals surface area contributed by atoms with Gasteiger partial charge in [0.25, 0.3) is 0 Å². The van der Waals surface area contributed by atoms with E-state index in [0.717, 1.165) is 13.2 Å². The number of alkyl halides is 3. The topological polar surface area (TPSA) is 38.3 Å². The van der Waals surface area contributed by atoms with Gasteiger partial charge in [0.05, 0.1) is 12.7 Å². The smallest absolute Gasteiger partial charge is 0.405 e. The molecule has 0 saturated heterocycles. The number of methoxy groups -OCH3 is 1. The molecule has 1 aromatic rings. The number of nitrogens with one attached hydrogen (secondary N) is 1. The molecule has 0 saturated carbocycles. The van der Waals surface area contributed by atoms with Crippen LogP contribution < -0.4 is 5.32 Å². The first-order valence-electron chi connectivity index (χ1n) is 4.93. The second-order valence-electron chi connectivity index (χ2n) is 3.61. The highest BCUT2D eigenvalue weighted by molar-refractivity contribution is 5.91. The minimum atomic E-state index is -4.40. The van der Waals surface area contributed by atoms with Crippen molar-refractivity contribution in [3.63, 3.8) is 0 Å². The Morgan fingerprint density at radius 3 is 2.44 bits per heavy atom. The molecular formula is C11H11F4NO2. The van der Waals surface area contributed by atoms with Crippen molar-refractivity contribution >= 4 is 11.7 Å². The van der Waals surface area contributed by atoms with Gasteiger partial charge in [-0.05, 0) is 24.6 Å². The lowest BCUT2D eigenvalue weighted by Gasteiger charge is -2.12. The molecule has 7 heteroatoms. The van der Waals surface area contributed by atoms with E-state index in [2.05, 4.69) is 4.74 Å². The Labute approximate surface area is 101 Å². The van der Waals surface area contributed by atoms with E-state index >= 15 is 0 Å². The Morgan fingerprint density at radius 1 is 1.39 bits per heavy atom. The first-order valence-corrected chi connectivity index (χ1v) is 4.93. The zero-order valence-corrected chi connectivity index (χ0v) is 9.69. The van der Waals surface area contributed by atoms with Crippen LogP contribution in [0.1, 0.15) is 15.9 Å². The fourth-order valence-electron chi connectivity index (χ4n) is 1.41. The molecule has 0 aromatic heterocycles. The van der Waals surface area contributed by atoms with Crippen LogP contribution in [-0.4, -0.2) is 25.8 Å². The Morgan fingerprint density at radius 2 is 2.00 bits per heavy atom. The third-order valence-corrected chi connectivity index (χ3v) is 2.17. The van der Waals surface area contributed by atoms with Crippen molar-refractivity contribution < 1.29 is 27.1 Å². The molecule has 0 aliphatic carbocycles. The zero-order valence-electron chi connectivity index (χ0n) is 9.69. The van der Waals surface area contributed by atoms with Gasteiger partial charge in [-0.1, -0.05) is 0 Å². The number of hydrogen-bond acceptors (Lipinski definition) is 3. The molecule has 0 aliphatic heterocycles. The Balaban J connectivity index is 2.96. The molecule has 0 unspecified atom stereocenters. The number of esters is 1. The summed E-state index contributed by atoms with van der Waals surface area (Å²) in [6.45, 7) is 0.136. The Hall–Kier alpha value is -1.79. The maximum Gasteiger partial charge on any atom is 0.405 e. The summed E-state index contributed by atoms with van der Waals surface area (Å²) in [4.78, 5) is 11.2. The van der Waals surface area contributed by atoms with E-state index in [1.165, 1.54) is 13.0 Å². The molecule has 1 N–H and O–H groups in total. The molecule has 3 nitrogen and oxygen atoms in total. The van der Waals surface area contributed by atoms with E-state index < -0.39 is 24.5 Å². The lowest BCUT2D eigenvalue weighted by atomic mass is 10.1. The second kappa shape index (κ2) is 5.24. The summed E-state index contributed by atoms with van der Waals surface area (Å²) in [7, 11) is 1.09. The third kappa shape index (κ3) is 3.61. The molecule has 0 fully saturated rings. The minimum Gasteiger partial charge on any atom is -0.465 e. The Bertz CT molecular complexity index is 434. The maximum atomic E-state index is 13.5. The van der Waals surface area contributed by atoms with Gasteiger partial charge in [0, 0.05) is 5.69 Å². The van der Waals surface area contributed by atoms with Crippen LogP contribution in [0.4, 0.5) is 23.2 Å². The largest absolute Gasteiger partial charge is 0.465 e. The van der Waals surface area contributed by atoms with Gasteiger partial charge in [-0.3, -0.25) is 0 Å². The van der Waals surface area contributed by atoms with Gasteiger partial charge in [0.15, 0.2) is 0 Å². The van der Waals surface area contributed by atoms with E-state index in [9.17, 15) is 22.4 Å². The van der Waals surface area contributed by atoms with Gasteiger partial charge in [-0.15, -0.1) is 0 Å². The summed E-state index contributed by atoms with van der Waals surface area (Å²) in [5.74, 6) is -1.79. The Kier molecular flexibility index (Phi) is 4.15. The van der Waals surface area contributed by atoms with E-state index in [0.29, 0.717) is 0 Å². The molecule has 0 atom stereocenters. The number of hydrogen-bond donors (Lipinski definition) is 1. The summed E-state index contributed by atoms with van der Waals surface area (Å²) in [5.41, 5.74) is -0.128. The molecule has 18 heavy (non-hydrogen) atoms. The van der Waals surface area contributed by atoms with E-state index in [1.54, 1.807) is 0 Å². The number of benzene rings is 1. The van der Waals surface area contributed by atoms with Gasteiger partial charge < -0.3 is 10.1 Å². The summed E-state index contributed by atoms with van der Waals surface area (Å²) in [6, 6.07) is 2.08. The SMILES string of the molecule is COC(=O)c1c(C)cc(NCC(F)(F)F)cc1F. The number of aryl methyl sites for hydroxylation is 1. The van der Waals surface area contributed by atoms with Crippen molar-refractivity contribution in [2.45, 2.75) is 13.1 Å². The normalized spacial score (nSPS) is 11.2. The first-order chi connectivity index (χ1) is 8.24. The van der Waals surface area contributed by atoms with Crippen LogP contribution in [0.2, 0.25) is 0 Å². The van der Waals surface area contributed by atoms with Crippen LogP contribution in [0.15, 0.2) is 12.1 Å². The van der Waals surface area contributed by atoms with Crippen molar-refractivity contribution in [3.05, 3.63) is 29.1 Å². The number of anilines is 1. The average molecular weight is 265 g/mol. The summed E-state index contributed by atoms with van der Waals surface area (Å²) >= 11 is 0. The number of ether oxygens (including phenoxy) is 1. The average Bonchev–Trinajstić information content (AvgIpc) is 2.24.